The van der Waals surface area contributed by atoms with Gasteiger partial charge in [0.2, 0.25) is 0 Å². The summed E-state index contributed by atoms with van der Waals surface area (Å²) in [6, 6.07) is 2.12. The third-order valence-electron chi connectivity index (χ3n) is 2.63. The van der Waals surface area contributed by atoms with E-state index in [1.165, 1.54) is 19.9 Å². The second-order valence-electron chi connectivity index (χ2n) is 4.57. The van der Waals surface area contributed by atoms with E-state index in [4.69, 9.17) is 9.47 Å². The van der Waals surface area contributed by atoms with Gasteiger partial charge in [0, 0.05) is 5.56 Å². The molecule has 6 heteroatoms. The standard InChI is InChI=1S/C12H13F3O3/c1-11(2,16)9-7(12(13,14)15)3-4-8-10(9)18-6-5-17-8/h3-4,16H,5-6H2,1-2H3. The van der Waals surface area contributed by atoms with Gasteiger partial charge >= 0.3 is 6.18 Å². The fourth-order valence-electron chi connectivity index (χ4n) is 1.96. The minimum Gasteiger partial charge on any atom is -0.486 e. The Kier molecular flexibility index (Phi) is 2.93. The van der Waals surface area contributed by atoms with Crippen molar-refractivity contribution in [3.63, 3.8) is 0 Å². The highest BCUT2D eigenvalue weighted by Crippen LogP contribution is 2.46. The van der Waals surface area contributed by atoms with Gasteiger partial charge in [-0.2, -0.15) is 13.2 Å². The molecule has 0 fully saturated rings. The Morgan fingerprint density at radius 2 is 1.72 bits per heavy atom. The molecule has 1 aromatic carbocycles. The van der Waals surface area contributed by atoms with Crippen LogP contribution in [0.3, 0.4) is 0 Å². The average molecular weight is 262 g/mol. The molecule has 0 spiro atoms. The van der Waals surface area contributed by atoms with Crippen molar-refractivity contribution in [3.8, 4) is 11.5 Å². The first kappa shape index (κ1) is 13.0. The quantitative estimate of drug-likeness (QED) is 0.845. The van der Waals surface area contributed by atoms with Crippen molar-refractivity contribution in [2.45, 2.75) is 25.6 Å². The van der Waals surface area contributed by atoms with Gasteiger partial charge in [0.05, 0.1) is 11.2 Å². The first-order valence-electron chi connectivity index (χ1n) is 5.44. The number of benzene rings is 1. The molecule has 100 valence electrons. The highest BCUT2D eigenvalue weighted by atomic mass is 19.4. The number of hydrogen-bond acceptors (Lipinski definition) is 3. The van der Waals surface area contributed by atoms with Crippen LogP contribution in [0, 0.1) is 0 Å². The van der Waals surface area contributed by atoms with Gasteiger partial charge in [0.15, 0.2) is 11.5 Å². The van der Waals surface area contributed by atoms with Crippen molar-refractivity contribution in [2.75, 3.05) is 13.2 Å². The van der Waals surface area contributed by atoms with E-state index in [0.717, 1.165) is 6.07 Å². The summed E-state index contributed by atoms with van der Waals surface area (Å²) in [7, 11) is 0. The highest BCUT2D eigenvalue weighted by molar-refractivity contribution is 5.54. The van der Waals surface area contributed by atoms with Crippen LogP contribution in [0.5, 0.6) is 11.5 Å². The lowest BCUT2D eigenvalue weighted by Gasteiger charge is -2.29. The number of hydrogen-bond donors (Lipinski definition) is 1. The van der Waals surface area contributed by atoms with Crippen LogP contribution in [0.2, 0.25) is 0 Å². The van der Waals surface area contributed by atoms with Crippen LogP contribution < -0.4 is 9.47 Å². The second-order valence-corrected chi connectivity index (χ2v) is 4.57. The van der Waals surface area contributed by atoms with Gasteiger partial charge in [0.25, 0.3) is 0 Å². The Morgan fingerprint density at radius 1 is 1.11 bits per heavy atom. The smallest absolute Gasteiger partial charge is 0.416 e. The minimum atomic E-state index is -4.55. The first-order chi connectivity index (χ1) is 8.21. The van der Waals surface area contributed by atoms with E-state index in [2.05, 4.69) is 0 Å². The van der Waals surface area contributed by atoms with Crippen LogP contribution in [0.15, 0.2) is 12.1 Å². The van der Waals surface area contributed by atoms with Gasteiger partial charge in [-0.25, -0.2) is 0 Å². The summed E-state index contributed by atoms with van der Waals surface area (Å²) in [5.74, 6) is 0.204. The maximum atomic E-state index is 12.9. The predicted octanol–water partition coefficient (Wildman–Crippen LogP) is 2.70. The summed E-state index contributed by atoms with van der Waals surface area (Å²) in [4.78, 5) is 0. The zero-order chi connectivity index (χ0) is 13.6. The molecule has 0 aliphatic carbocycles. The van der Waals surface area contributed by atoms with Crippen molar-refractivity contribution >= 4 is 0 Å². The molecular weight excluding hydrogens is 249 g/mol. The van der Waals surface area contributed by atoms with Crippen molar-refractivity contribution in [2.24, 2.45) is 0 Å². The molecule has 0 saturated carbocycles. The largest absolute Gasteiger partial charge is 0.486 e. The van der Waals surface area contributed by atoms with Crippen LogP contribution in [0.25, 0.3) is 0 Å². The first-order valence-corrected chi connectivity index (χ1v) is 5.44. The Morgan fingerprint density at radius 3 is 2.28 bits per heavy atom. The topological polar surface area (TPSA) is 38.7 Å². The third-order valence-corrected chi connectivity index (χ3v) is 2.63. The van der Waals surface area contributed by atoms with Crippen molar-refractivity contribution in [1.29, 1.82) is 0 Å². The molecule has 1 aliphatic heterocycles. The lowest BCUT2D eigenvalue weighted by molar-refractivity contribution is -0.140. The van der Waals surface area contributed by atoms with Crippen LogP contribution in [-0.2, 0) is 11.8 Å². The SMILES string of the molecule is CC(C)(O)c1c(C(F)(F)F)ccc2c1OCCO2. The summed E-state index contributed by atoms with van der Waals surface area (Å²) >= 11 is 0. The zero-order valence-corrected chi connectivity index (χ0v) is 9.97. The lowest BCUT2D eigenvalue weighted by Crippen LogP contribution is -2.26. The number of fused-ring (bicyclic) bond motifs is 1. The molecule has 1 heterocycles. The molecule has 1 N–H and O–H groups in total. The predicted molar refractivity (Wildman–Crippen MR) is 57.7 cm³/mol. The molecule has 0 atom stereocenters. The number of rotatable bonds is 1. The van der Waals surface area contributed by atoms with Crippen LogP contribution >= 0.6 is 0 Å². The molecule has 1 aromatic rings. The molecule has 3 nitrogen and oxygen atoms in total. The van der Waals surface area contributed by atoms with Gasteiger partial charge < -0.3 is 14.6 Å². The number of alkyl halides is 3. The zero-order valence-electron chi connectivity index (χ0n) is 9.97. The lowest BCUT2D eigenvalue weighted by atomic mass is 9.91. The Hall–Kier alpha value is -1.43. The Bertz CT molecular complexity index is 461. The van der Waals surface area contributed by atoms with E-state index in [9.17, 15) is 18.3 Å². The fourth-order valence-corrected chi connectivity index (χ4v) is 1.96. The van der Waals surface area contributed by atoms with Gasteiger partial charge in [-0.05, 0) is 26.0 Å². The van der Waals surface area contributed by atoms with Gasteiger partial charge in [-0.3, -0.25) is 0 Å². The van der Waals surface area contributed by atoms with Crippen molar-refractivity contribution < 1.29 is 27.8 Å². The second kappa shape index (κ2) is 4.05. The third kappa shape index (κ3) is 2.25. The molecule has 0 radical (unpaired) electrons. The van der Waals surface area contributed by atoms with E-state index < -0.39 is 17.3 Å². The van der Waals surface area contributed by atoms with E-state index in [1.54, 1.807) is 0 Å². The molecular formula is C12H13F3O3. The molecule has 0 unspecified atom stereocenters. The maximum absolute atomic E-state index is 12.9. The number of aliphatic hydroxyl groups is 1. The molecule has 18 heavy (non-hydrogen) atoms. The average Bonchev–Trinajstić information content (AvgIpc) is 2.24. The van der Waals surface area contributed by atoms with E-state index in [0.29, 0.717) is 0 Å². The Balaban J connectivity index is 2.69. The van der Waals surface area contributed by atoms with Gasteiger partial charge in [0.1, 0.15) is 13.2 Å². The Labute approximate surface area is 102 Å². The van der Waals surface area contributed by atoms with Crippen molar-refractivity contribution in [3.05, 3.63) is 23.3 Å². The normalized spacial score (nSPS) is 15.7. The summed E-state index contributed by atoms with van der Waals surface area (Å²) in [5, 5.41) is 9.95. The summed E-state index contributed by atoms with van der Waals surface area (Å²) < 4.78 is 49.3. The number of halogens is 3. The summed E-state index contributed by atoms with van der Waals surface area (Å²) in [6.45, 7) is 3.02. The summed E-state index contributed by atoms with van der Waals surface area (Å²) in [5.41, 5.74) is -2.86. The van der Waals surface area contributed by atoms with Gasteiger partial charge in [-0.15, -0.1) is 0 Å². The molecule has 1 aliphatic rings. The van der Waals surface area contributed by atoms with Gasteiger partial charge in [-0.1, -0.05) is 0 Å². The maximum Gasteiger partial charge on any atom is 0.416 e. The molecule has 0 amide bonds. The highest BCUT2D eigenvalue weighted by Gasteiger charge is 2.40. The molecule has 0 saturated heterocycles. The van der Waals surface area contributed by atoms with E-state index in [-0.39, 0.29) is 30.3 Å². The van der Waals surface area contributed by atoms with Crippen LogP contribution in [0.1, 0.15) is 25.0 Å². The molecule has 0 aromatic heterocycles. The van der Waals surface area contributed by atoms with Crippen molar-refractivity contribution in [1.82, 2.24) is 0 Å². The monoisotopic (exact) mass is 262 g/mol. The van der Waals surface area contributed by atoms with Crippen LogP contribution in [0.4, 0.5) is 13.2 Å². The summed E-state index contributed by atoms with van der Waals surface area (Å²) in [6.07, 6.45) is -4.55. The van der Waals surface area contributed by atoms with E-state index >= 15 is 0 Å². The molecule has 0 bridgehead atoms. The van der Waals surface area contributed by atoms with Crippen LogP contribution in [-0.4, -0.2) is 18.3 Å². The van der Waals surface area contributed by atoms with E-state index in [1.807, 2.05) is 0 Å². The number of ether oxygens (including phenoxy) is 2. The molecule has 2 rings (SSSR count). The fraction of sp³-hybridized carbons (Fsp3) is 0.500. The minimum absolute atomic E-state index is 0.0245.